The number of rotatable bonds is 7. The van der Waals surface area contributed by atoms with Crippen molar-refractivity contribution in [2.75, 3.05) is 24.9 Å². The molecule has 0 unspecified atom stereocenters. The average molecular weight is 500 g/mol. The third-order valence-corrected chi connectivity index (χ3v) is 6.27. The number of esters is 1. The van der Waals surface area contributed by atoms with E-state index < -0.39 is 17.7 Å². The van der Waals surface area contributed by atoms with Gasteiger partial charge in [-0.3, -0.25) is 0 Å². The lowest BCUT2D eigenvalue weighted by molar-refractivity contribution is -0.137. The van der Waals surface area contributed by atoms with E-state index in [1.807, 2.05) is 24.3 Å². The van der Waals surface area contributed by atoms with E-state index in [2.05, 4.69) is 15.6 Å². The van der Waals surface area contributed by atoms with Gasteiger partial charge < -0.3 is 20.1 Å². The zero-order chi connectivity index (χ0) is 25.7. The molecule has 0 bridgehead atoms. The van der Waals surface area contributed by atoms with Gasteiger partial charge in [0.15, 0.2) is 11.4 Å². The van der Waals surface area contributed by atoms with Crippen molar-refractivity contribution in [3.63, 3.8) is 0 Å². The summed E-state index contributed by atoms with van der Waals surface area (Å²) in [6.45, 7) is 0. The van der Waals surface area contributed by atoms with Crippen molar-refractivity contribution in [2.45, 2.75) is 44.2 Å². The molecule has 190 valence electrons. The molecule has 1 aliphatic carbocycles. The summed E-state index contributed by atoms with van der Waals surface area (Å²) < 4.78 is 50.8. The summed E-state index contributed by atoms with van der Waals surface area (Å²) in [4.78, 5) is 16.2. The molecular formula is C27H28F3N3O3. The number of carbonyl (C=O) groups is 1. The van der Waals surface area contributed by atoms with Gasteiger partial charge in [0.1, 0.15) is 5.82 Å². The van der Waals surface area contributed by atoms with E-state index in [0.717, 1.165) is 12.1 Å². The summed E-state index contributed by atoms with van der Waals surface area (Å²) in [5.74, 6) is 0.177. The fourth-order valence-electron chi connectivity index (χ4n) is 4.45. The van der Waals surface area contributed by atoms with Crippen molar-refractivity contribution >= 4 is 28.8 Å². The van der Waals surface area contributed by atoms with Gasteiger partial charge in [0, 0.05) is 17.1 Å². The number of halogens is 3. The predicted octanol–water partition coefficient (Wildman–Crippen LogP) is 7.43. The van der Waals surface area contributed by atoms with Crippen LogP contribution in [0.4, 0.5) is 36.1 Å². The highest BCUT2D eigenvalue weighted by atomic mass is 19.4. The van der Waals surface area contributed by atoms with Crippen molar-refractivity contribution in [3.05, 3.63) is 71.4 Å². The minimum absolute atomic E-state index is 0.0895. The van der Waals surface area contributed by atoms with E-state index >= 15 is 0 Å². The molecule has 0 amide bonds. The molecule has 1 saturated carbocycles. The number of carbonyl (C=O) groups excluding carboxylic acids is 1. The molecular weight excluding hydrogens is 471 g/mol. The number of pyridine rings is 1. The quantitative estimate of drug-likeness (QED) is 0.329. The van der Waals surface area contributed by atoms with Gasteiger partial charge in [-0.25, -0.2) is 9.78 Å². The van der Waals surface area contributed by atoms with Gasteiger partial charge in [0.25, 0.3) is 0 Å². The summed E-state index contributed by atoms with van der Waals surface area (Å²) in [6, 6.07) is 14.5. The number of nitrogens with one attached hydrogen (secondary N) is 2. The molecule has 0 saturated heterocycles. The second-order valence-electron chi connectivity index (χ2n) is 8.74. The van der Waals surface area contributed by atoms with Crippen LogP contribution in [-0.4, -0.2) is 25.2 Å². The molecule has 1 heterocycles. The fraction of sp³-hybridized carbons (Fsp3) is 0.333. The lowest BCUT2D eigenvalue weighted by atomic mass is 9.84. The van der Waals surface area contributed by atoms with E-state index in [0.29, 0.717) is 11.6 Å². The van der Waals surface area contributed by atoms with Crippen molar-refractivity contribution in [2.24, 2.45) is 0 Å². The van der Waals surface area contributed by atoms with Crippen LogP contribution in [0.15, 0.2) is 54.6 Å². The topological polar surface area (TPSA) is 72.5 Å². The second-order valence-corrected chi connectivity index (χ2v) is 8.74. The highest BCUT2D eigenvalue weighted by molar-refractivity contribution is 5.91. The van der Waals surface area contributed by atoms with Gasteiger partial charge >= 0.3 is 12.1 Å². The number of benzene rings is 2. The molecule has 6 nitrogen and oxygen atoms in total. The standard InChI is InChI=1S/C27H28F3N3O3/c1-35-23-12-13-24(33-25(23)26(34)36-2)32-22-15-19(27(28,29)30)14-21(16-22)31-20-10-8-18(9-11-20)17-6-4-3-5-7-17/h8-17,31H,3-7H2,1-2H3,(H,32,33). The van der Waals surface area contributed by atoms with E-state index in [9.17, 15) is 18.0 Å². The lowest BCUT2D eigenvalue weighted by Gasteiger charge is -2.22. The Morgan fingerprint density at radius 3 is 2.17 bits per heavy atom. The minimum Gasteiger partial charge on any atom is -0.494 e. The van der Waals surface area contributed by atoms with Gasteiger partial charge in [-0.1, -0.05) is 31.4 Å². The molecule has 2 aromatic carbocycles. The van der Waals surface area contributed by atoms with Crippen molar-refractivity contribution in [1.82, 2.24) is 4.98 Å². The van der Waals surface area contributed by atoms with Crippen LogP contribution in [0.3, 0.4) is 0 Å². The zero-order valence-electron chi connectivity index (χ0n) is 20.1. The van der Waals surface area contributed by atoms with Crippen LogP contribution < -0.4 is 15.4 Å². The number of hydrogen-bond donors (Lipinski definition) is 2. The van der Waals surface area contributed by atoms with Gasteiger partial charge in [-0.15, -0.1) is 0 Å². The average Bonchev–Trinajstić information content (AvgIpc) is 2.88. The normalized spacial score (nSPS) is 14.2. The third-order valence-electron chi connectivity index (χ3n) is 6.27. The summed E-state index contributed by atoms with van der Waals surface area (Å²) in [5.41, 5.74) is 1.46. The van der Waals surface area contributed by atoms with Crippen LogP contribution in [0.1, 0.15) is 59.6 Å². The number of aromatic nitrogens is 1. The number of hydrogen-bond acceptors (Lipinski definition) is 6. The van der Waals surface area contributed by atoms with Gasteiger partial charge in [0.2, 0.25) is 0 Å². The summed E-state index contributed by atoms with van der Waals surface area (Å²) in [6.07, 6.45) is 1.53. The Kier molecular flexibility index (Phi) is 7.67. The Bertz CT molecular complexity index is 1210. The summed E-state index contributed by atoms with van der Waals surface area (Å²) in [5, 5.41) is 5.93. The van der Waals surface area contributed by atoms with Crippen molar-refractivity contribution in [1.29, 1.82) is 0 Å². The number of ether oxygens (including phenoxy) is 2. The molecule has 1 fully saturated rings. The van der Waals surface area contributed by atoms with E-state index in [-0.39, 0.29) is 28.6 Å². The molecule has 0 spiro atoms. The van der Waals surface area contributed by atoms with Crippen molar-refractivity contribution in [3.8, 4) is 5.75 Å². The maximum absolute atomic E-state index is 13.6. The third kappa shape index (κ3) is 6.08. The Morgan fingerprint density at radius 2 is 1.56 bits per heavy atom. The number of alkyl halides is 3. The Morgan fingerprint density at radius 1 is 0.889 bits per heavy atom. The van der Waals surface area contributed by atoms with E-state index in [1.165, 1.54) is 64.0 Å². The second kappa shape index (κ2) is 10.9. The Labute approximate surface area is 207 Å². The molecule has 9 heteroatoms. The molecule has 4 rings (SSSR count). The molecule has 1 aromatic heterocycles. The fourth-order valence-corrected chi connectivity index (χ4v) is 4.45. The van der Waals surface area contributed by atoms with Crippen molar-refractivity contribution < 1.29 is 27.4 Å². The predicted molar refractivity (Wildman–Crippen MR) is 132 cm³/mol. The first-order chi connectivity index (χ1) is 17.3. The van der Waals surface area contributed by atoms with Crippen LogP contribution in [0.2, 0.25) is 0 Å². The molecule has 3 aromatic rings. The Balaban J connectivity index is 1.59. The first kappa shape index (κ1) is 25.3. The summed E-state index contributed by atoms with van der Waals surface area (Å²) in [7, 11) is 2.58. The number of methoxy groups -OCH3 is 2. The van der Waals surface area contributed by atoms with E-state index in [1.54, 1.807) is 6.07 Å². The number of nitrogens with zero attached hydrogens (tertiary/aromatic N) is 1. The smallest absolute Gasteiger partial charge is 0.416 e. The van der Waals surface area contributed by atoms with E-state index in [4.69, 9.17) is 9.47 Å². The highest BCUT2D eigenvalue weighted by Crippen LogP contribution is 2.36. The SMILES string of the molecule is COC(=O)c1nc(Nc2cc(Nc3ccc(C4CCCCC4)cc3)cc(C(F)(F)F)c2)ccc1OC. The van der Waals surface area contributed by atoms with Gasteiger partial charge in [0.05, 0.1) is 19.8 Å². The first-order valence-electron chi connectivity index (χ1n) is 11.8. The molecule has 2 N–H and O–H groups in total. The molecule has 0 aliphatic heterocycles. The van der Waals surface area contributed by atoms with Crippen LogP contribution in [0.25, 0.3) is 0 Å². The zero-order valence-corrected chi connectivity index (χ0v) is 20.1. The maximum Gasteiger partial charge on any atom is 0.416 e. The molecule has 36 heavy (non-hydrogen) atoms. The first-order valence-corrected chi connectivity index (χ1v) is 11.8. The Hall–Kier alpha value is -3.75. The molecule has 0 radical (unpaired) electrons. The van der Waals surface area contributed by atoms with Crippen LogP contribution in [-0.2, 0) is 10.9 Å². The maximum atomic E-state index is 13.6. The van der Waals surface area contributed by atoms with Crippen LogP contribution in [0, 0.1) is 0 Å². The number of anilines is 4. The monoisotopic (exact) mass is 499 g/mol. The van der Waals surface area contributed by atoms with Gasteiger partial charge in [-0.05, 0) is 66.8 Å². The summed E-state index contributed by atoms with van der Waals surface area (Å²) >= 11 is 0. The van der Waals surface area contributed by atoms with Gasteiger partial charge in [-0.2, -0.15) is 13.2 Å². The molecule has 0 atom stereocenters. The largest absolute Gasteiger partial charge is 0.494 e. The molecule has 1 aliphatic rings. The highest BCUT2D eigenvalue weighted by Gasteiger charge is 2.31. The van der Waals surface area contributed by atoms with Crippen LogP contribution >= 0.6 is 0 Å². The minimum atomic E-state index is -4.55. The van der Waals surface area contributed by atoms with Crippen LogP contribution in [0.5, 0.6) is 5.75 Å². The lowest BCUT2D eigenvalue weighted by Crippen LogP contribution is -2.09.